The Hall–Kier alpha value is -3.58. The molecular weight excluding hydrogens is 539 g/mol. The van der Waals surface area contributed by atoms with Crippen LogP contribution in [0.1, 0.15) is 36.9 Å². The van der Waals surface area contributed by atoms with Crippen molar-refractivity contribution >= 4 is 28.9 Å². The highest BCUT2D eigenvalue weighted by atomic mass is 35.5. The van der Waals surface area contributed by atoms with E-state index in [0.717, 1.165) is 37.2 Å². The number of hydrogen-bond donors (Lipinski definition) is 6. The fraction of sp³-hybridized carbons (Fsp3) is 0.308. The number of benzene rings is 2. The number of alkyl halides is 3. The summed E-state index contributed by atoms with van der Waals surface area (Å²) < 4.78 is 45.0. The predicted molar refractivity (Wildman–Crippen MR) is 141 cm³/mol. The van der Waals surface area contributed by atoms with Crippen molar-refractivity contribution in [2.45, 2.75) is 44.8 Å². The van der Waals surface area contributed by atoms with Crippen LogP contribution >= 0.6 is 11.6 Å². The highest BCUT2D eigenvalue weighted by Crippen LogP contribution is 2.36. The van der Waals surface area contributed by atoms with Crippen molar-refractivity contribution in [1.82, 2.24) is 15.8 Å². The minimum atomic E-state index is -4.61. The third kappa shape index (κ3) is 10.2. The fourth-order valence-electron chi connectivity index (χ4n) is 3.54. The van der Waals surface area contributed by atoms with Crippen LogP contribution in [0.3, 0.4) is 0 Å². The Morgan fingerprint density at radius 1 is 0.974 bits per heavy atom. The molecule has 0 aliphatic rings. The summed E-state index contributed by atoms with van der Waals surface area (Å²) in [7, 11) is 0. The molecule has 1 heterocycles. The van der Waals surface area contributed by atoms with E-state index in [0.29, 0.717) is 36.6 Å². The Morgan fingerprint density at radius 3 is 2.41 bits per heavy atom. The van der Waals surface area contributed by atoms with Crippen molar-refractivity contribution in [3.63, 3.8) is 0 Å². The van der Waals surface area contributed by atoms with Gasteiger partial charge in [0, 0.05) is 36.6 Å². The molecule has 0 spiro atoms. The fourth-order valence-corrected chi connectivity index (χ4v) is 3.77. The second-order valence-corrected chi connectivity index (χ2v) is 8.92. The van der Waals surface area contributed by atoms with E-state index < -0.39 is 23.1 Å². The van der Waals surface area contributed by atoms with Crippen molar-refractivity contribution in [1.29, 1.82) is 0 Å². The Morgan fingerprint density at radius 2 is 1.69 bits per heavy atom. The van der Waals surface area contributed by atoms with E-state index in [1.807, 2.05) is 0 Å². The molecule has 210 valence electrons. The van der Waals surface area contributed by atoms with E-state index in [1.165, 1.54) is 6.07 Å². The lowest BCUT2D eigenvalue weighted by atomic mass is 10.2. The van der Waals surface area contributed by atoms with Gasteiger partial charge in [-0.25, -0.2) is 5.48 Å². The molecule has 0 fully saturated rings. The number of pyridine rings is 1. The van der Waals surface area contributed by atoms with E-state index in [1.54, 1.807) is 48.1 Å². The minimum absolute atomic E-state index is 0.0433. The van der Waals surface area contributed by atoms with Gasteiger partial charge in [0.05, 0.1) is 16.3 Å². The number of carbonyl (C=O) groups is 1. The van der Waals surface area contributed by atoms with Crippen LogP contribution in [0.2, 0.25) is 5.02 Å². The van der Waals surface area contributed by atoms with Crippen LogP contribution in [0, 0.1) is 0 Å². The van der Waals surface area contributed by atoms with Gasteiger partial charge in [0.15, 0.2) is 0 Å². The van der Waals surface area contributed by atoms with Crippen molar-refractivity contribution in [2.24, 2.45) is 0 Å². The normalized spacial score (nSPS) is 12.1. The zero-order chi connectivity index (χ0) is 28.3. The summed E-state index contributed by atoms with van der Waals surface area (Å²) in [5.41, 5.74) is 1.95. The van der Waals surface area contributed by atoms with Gasteiger partial charge in [-0.3, -0.25) is 15.0 Å². The lowest BCUT2D eigenvalue weighted by Crippen LogP contribution is -2.28. The van der Waals surface area contributed by atoms with Gasteiger partial charge in [-0.1, -0.05) is 18.0 Å². The minimum Gasteiger partial charge on any atom is -0.457 e. The smallest absolute Gasteiger partial charge is 0.417 e. The lowest BCUT2D eigenvalue weighted by molar-refractivity contribution is -0.137. The maximum atomic E-state index is 13.0. The molecular formula is C26H29ClF3N5O4. The number of hydroxylamine groups is 1. The van der Waals surface area contributed by atoms with Gasteiger partial charge in [-0.05, 0) is 67.9 Å². The van der Waals surface area contributed by atoms with E-state index in [2.05, 4.69) is 20.9 Å². The van der Waals surface area contributed by atoms with Gasteiger partial charge in [-0.2, -0.15) is 13.2 Å². The first kappa shape index (κ1) is 30.0. The van der Waals surface area contributed by atoms with Crippen LogP contribution in [-0.2, 0) is 17.5 Å². The standard InChI is InChI=1S/C26H29ClF3N5O4/c27-23-10-7-18(15-22(23)26(28,29)30)34-25(37)33-17-5-8-20(9-6-17)39-21-11-13-32-19(14-21)16-31-12-3-1-2-4-24(36)35-38/h5-11,13-15,25,31,33-34,37-38H,1-4,12,16H2,(H,35,36). The second kappa shape index (κ2) is 14.5. The van der Waals surface area contributed by atoms with E-state index in [4.69, 9.17) is 21.5 Å². The second-order valence-electron chi connectivity index (χ2n) is 8.52. The molecule has 0 aliphatic carbocycles. The first-order chi connectivity index (χ1) is 18.6. The van der Waals surface area contributed by atoms with Crippen LogP contribution in [0.25, 0.3) is 0 Å². The summed E-state index contributed by atoms with van der Waals surface area (Å²) in [4.78, 5) is 15.3. The molecule has 39 heavy (non-hydrogen) atoms. The molecule has 1 unspecified atom stereocenters. The summed E-state index contributed by atoms with van der Waals surface area (Å²) >= 11 is 5.62. The van der Waals surface area contributed by atoms with E-state index in [9.17, 15) is 23.1 Å². The molecule has 1 aromatic heterocycles. The Balaban J connectivity index is 1.45. The maximum absolute atomic E-state index is 13.0. The molecule has 3 rings (SSSR count). The number of hydrogen-bond acceptors (Lipinski definition) is 8. The SMILES string of the molecule is O=C(CCCCCNCc1cc(Oc2ccc(NC(O)Nc3ccc(Cl)c(C(F)(F)F)c3)cc2)ccn1)NO. The first-order valence-electron chi connectivity index (χ1n) is 12.1. The van der Waals surface area contributed by atoms with Gasteiger partial charge in [0.2, 0.25) is 12.3 Å². The Kier molecular flexibility index (Phi) is 11.2. The molecule has 9 nitrogen and oxygen atoms in total. The summed E-state index contributed by atoms with van der Waals surface area (Å²) in [6.07, 6.45) is -1.61. The number of ether oxygens (including phenoxy) is 1. The van der Waals surface area contributed by atoms with E-state index in [-0.39, 0.29) is 11.6 Å². The number of halogens is 4. The summed E-state index contributed by atoms with van der Waals surface area (Å²) in [5, 5.41) is 26.8. The van der Waals surface area contributed by atoms with Gasteiger partial charge in [0.1, 0.15) is 11.5 Å². The third-order valence-electron chi connectivity index (χ3n) is 5.44. The monoisotopic (exact) mass is 567 g/mol. The zero-order valence-corrected chi connectivity index (χ0v) is 21.5. The summed E-state index contributed by atoms with van der Waals surface area (Å²) in [6.45, 7) is 1.30. The molecule has 2 aromatic carbocycles. The van der Waals surface area contributed by atoms with Crippen molar-refractivity contribution in [3.05, 3.63) is 77.1 Å². The largest absolute Gasteiger partial charge is 0.457 e. The Labute approximate surface area is 228 Å². The van der Waals surface area contributed by atoms with Gasteiger partial charge in [-0.15, -0.1) is 0 Å². The van der Waals surface area contributed by atoms with Crippen molar-refractivity contribution in [3.8, 4) is 11.5 Å². The molecule has 0 radical (unpaired) electrons. The number of amides is 1. The molecule has 6 N–H and O–H groups in total. The molecule has 0 bridgehead atoms. The summed E-state index contributed by atoms with van der Waals surface area (Å²) in [6, 6.07) is 13.4. The number of aliphatic hydroxyl groups is 1. The van der Waals surface area contributed by atoms with Crippen molar-refractivity contribution in [2.75, 3.05) is 17.2 Å². The number of aliphatic hydroxyl groups excluding tert-OH is 1. The number of anilines is 2. The highest BCUT2D eigenvalue weighted by Gasteiger charge is 2.33. The van der Waals surface area contributed by atoms with Gasteiger partial charge >= 0.3 is 6.18 Å². The van der Waals surface area contributed by atoms with Crippen molar-refractivity contribution < 1.29 is 33.0 Å². The molecule has 1 atom stereocenters. The summed E-state index contributed by atoms with van der Waals surface area (Å²) in [5.74, 6) is 0.736. The first-order valence-corrected chi connectivity index (χ1v) is 12.5. The average Bonchev–Trinajstić information content (AvgIpc) is 2.89. The predicted octanol–water partition coefficient (Wildman–Crippen LogP) is 5.50. The molecule has 3 aromatic rings. The molecule has 0 saturated carbocycles. The van der Waals surface area contributed by atoms with Crippen LogP contribution in [0.15, 0.2) is 60.8 Å². The van der Waals surface area contributed by atoms with E-state index >= 15 is 0 Å². The third-order valence-corrected chi connectivity index (χ3v) is 5.77. The van der Waals surface area contributed by atoms with Gasteiger partial charge in [0.25, 0.3) is 0 Å². The number of aromatic nitrogens is 1. The molecule has 1 amide bonds. The number of nitrogens with zero attached hydrogens (tertiary/aromatic N) is 1. The topological polar surface area (TPSA) is 128 Å². The van der Waals surface area contributed by atoms with Crippen LogP contribution < -0.4 is 26.2 Å². The maximum Gasteiger partial charge on any atom is 0.417 e. The molecule has 0 saturated heterocycles. The number of nitrogens with one attached hydrogen (secondary N) is 4. The number of carbonyl (C=O) groups excluding carboxylic acids is 1. The van der Waals surface area contributed by atoms with Crippen LogP contribution in [-0.4, -0.2) is 34.1 Å². The Bertz CT molecular complexity index is 1210. The quantitative estimate of drug-likeness (QED) is 0.0652. The average molecular weight is 568 g/mol. The number of unbranched alkanes of at least 4 members (excludes halogenated alkanes) is 2. The van der Waals surface area contributed by atoms with Gasteiger partial charge < -0.3 is 25.8 Å². The lowest BCUT2D eigenvalue weighted by Gasteiger charge is -2.18. The van der Waals surface area contributed by atoms with Crippen LogP contribution in [0.4, 0.5) is 24.5 Å². The molecule has 13 heteroatoms. The zero-order valence-electron chi connectivity index (χ0n) is 20.8. The van der Waals surface area contributed by atoms with Crippen LogP contribution in [0.5, 0.6) is 11.5 Å². The molecule has 0 aliphatic heterocycles. The number of rotatable bonds is 14. The highest BCUT2D eigenvalue weighted by molar-refractivity contribution is 6.31.